The van der Waals surface area contributed by atoms with Crippen molar-refractivity contribution in [1.29, 1.82) is 0 Å². The van der Waals surface area contributed by atoms with E-state index < -0.39 is 12.3 Å². The zero-order valence-corrected chi connectivity index (χ0v) is 16.4. The molecule has 5 unspecified atom stereocenters. The Morgan fingerprint density at radius 3 is 2.56 bits per heavy atom. The molecule has 0 spiro atoms. The van der Waals surface area contributed by atoms with Gasteiger partial charge in [0.15, 0.2) is 0 Å². The van der Waals surface area contributed by atoms with Crippen molar-refractivity contribution in [3.05, 3.63) is 11.6 Å². The first kappa shape index (κ1) is 19.8. The van der Waals surface area contributed by atoms with Gasteiger partial charge in [-0.2, -0.15) is 13.2 Å². The van der Waals surface area contributed by atoms with Crippen molar-refractivity contribution in [1.82, 2.24) is 0 Å². The Morgan fingerprint density at radius 1 is 1.11 bits per heavy atom. The molecule has 3 fully saturated rings. The van der Waals surface area contributed by atoms with E-state index in [0.29, 0.717) is 17.8 Å². The van der Waals surface area contributed by atoms with Crippen LogP contribution in [-0.2, 0) is 0 Å². The fourth-order valence-electron chi connectivity index (χ4n) is 7.54. The predicted octanol–water partition coefficient (Wildman–Crippen LogP) is 5.24. The SMILES string of the molecule is CC12CC[C@H](O)CC1=CCC1C2CC[C@@]2(C)C1CC[C@@H]2CC(O)C(F)(F)F. The molecular weight excluding hydrogens is 353 g/mol. The average molecular weight is 386 g/mol. The molecule has 154 valence electrons. The van der Waals surface area contributed by atoms with Gasteiger partial charge in [0.25, 0.3) is 0 Å². The standard InChI is InChI=1S/C22H33F3O2/c1-20-9-7-15(26)11-13(20)3-5-16-17-6-4-14(12-19(27)22(23,24)25)21(17,2)10-8-18(16)20/h3,14-19,26-27H,4-12H2,1-2H3/t14-,15+,16?,17?,18?,19?,20?,21-/m1/s1. The van der Waals surface area contributed by atoms with Crippen LogP contribution in [0.3, 0.4) is 0 Å². The lowest BCUT2D eigenvalue weighted by Crippen LogP contribution is -2.50. The van der Waals surface area contributed by atoms with E-state index in [0.717, 1.165) is 51.4 Å². The average Bonchev–Trinajstić information content (AvgIpc) is 2.91. The fourth-order valence-corrected chi connectivity index (χ4v) is 7.54. The second-order valence-corrected chi connectivity index (χ2v) is 10.3. The maximum atomic E-state index is 12.9. The Balaban J connectivity index is 1.55. The normalized spacial score (nSPS) is 48.3. The van der Waals surface area contributed by atoms with Gasteiger partial charge in [0, 0.05) is 0 Å². The lowest BCUT2D eigenvalue weighted by Gasteiger charge is -2.58. The molecule has 0 heterocycles. The number of aliphatic hydroxyl groups is 2. The highest BCUT2D eigenvalue weighted by molar-refractivity contribution is 5.25. The third kappa shape index (κ3) is 3.08. The molecule has 27 heavy (non-hydrogen) atoms. The van der Waals surface area contributed by atoms with E-state index in [1.54, 1.807) is 0 Å². The number of allylic oxidation sites excluding steroid dienone is 1. The zero-order valence-electron chi connectivity index (χ0n) is 16.4. The van der Waals surface area contributed by atoms with E-state index in [1.165, 1.54) is 5.57 Å². The van der Waals surface area contributed by atoms with Crippen LogP contribution in [0.1, 0.15) is 71.6 Å². The van der Waals surface area contributed by atoms with Crippen molar-refractivity contribution >= 4 is 0 Å². The molecule has 0 aromatic heterocycles. The Morgan fingerprint density at radius 2 is 1.85 bits per heavy atom. The summed E-state index contributed by atoms with van der Waals surface area (Å²) in [4.78, 5) is 0. The molecule has 4 aliphatic rings. The zero-order chi connectivity index (χ0) is 19.6. The summed E-state index contributed by atoms with van der Waals surface area (Å²) in [6, 6.07) is 0. The van der Waals surface area contributed by atoms with Gasteiger partial charge in [-0.05, 0) is 92.3 Å². The molecule has 0 aromatic rings. The predicted molar refractivity (Wildman–Crippen MR) is 97.9 cm³/mol. The van der Waals surface area contributed by atoms with Crippen LogP contribution >= 0.6 is 0 Å². The maximum absolute atomic E-state index is 12.9. The first-order chi connectivity index (χ1) is 12.6. The van der Waals surface area contributed by atoms with E-state index in [2.05, 4.69) is 19.9 Å². The van der Waals surface area contributed by atoms with E-state index in [1.807, 2.05) is 0 Å². The van der Waals surface area contributed by atoms with Gasteiger partial charge < -0.3 is 10.2 Å². The highest BCUT2D eigenvalue weighted by Gasteiger charge is 2.59. The number of fused-ring (bicyclic) bond motifs is 5. The summed E-state index contributed by atoms with van der Waals surface area (Å²) in [6.45, 7) is 4.56. The summed E-state index contributed by atoms with van der Waals surface area (Å²) >= 11 is 0. The topological polar surface area (TPSA) is 40.5 Å². The Hall–Kier alpha value is -0.550. The summed E-state index contributed by atoms with van der Waals surface area (Å²) in [5, 5.41) is 19.7. The van der Waals surface area contributed by atoms with Crippen molar-refractivity contribution in [3.63, 3.8) is 0 Å². The van der Waals surface area contributed by atoms with Gasteiger partial charge in [-0.3, -0.25) is 0 Å². The van der Waals surface area contributed by atoms with Gasteiger partial charge in [-0.25, -0.2) is 0 Å². The molecule has 0 amide bonds. The Bertz CT molecular complexity index is 615. The van der Waals surface area contributed by atoms with Crippen LogP contribution in [0.15, 0.2) is 11.6 Å². The number of alkyl halides is 3. The molecule has 0 aromatic carbocycles. The summed E-state index contributed by atoms with van der Waals surface area (Å²) in [5.41, 5.74) is 1.50. The lowest BCUT2D eigenvalue weighted by molar-refractivity contribution is -0.211. The molecule has 4 rings (SSSR count). The largest absolute Gasteiger partial charge is 0.414 e. The summed E-state index contributed by atoms with van der Waals surface area (Å²) in [6.07, 6.45) is 2.84. The minimum Gasteiger partial charge on any atom is -0.393 e. The second-order valence-electron chi connectivity index (χ2n) is 10.3. The third-order valence-electron chi connectivity index (χ3n) is 9.16. The van der Waals surface area contributed by atoms with Crippen molar-refractivity contribution in [2.75, 3.05) is 0 Å². The maximum Gasteiger partial charge on any atom is 0.414 e. The number of hydrogen-bond donors (Lipinski definition) is 2. The number of rotatable bonds is 2. The third-order valence-corrected chi connectivity index (χ3v) is 9.16. The smallest absolute Gasteiger partial charge is 0.393 e. The van der Waals surface area contributed by atoms with Crippen LogP contribution in [0, 0.1) is 34.5 Å². The van der Waals surface area contributed by atoms with Crippen LogP contribution in [0.5, 0.6) is 0 Å². The molecule has 0 saturated heterocycles. The summed E-state index contributed by atoms with van der Waals surface area (Å²) in [5.74, 6) is 1.56. The molecular formula is C22H33F3O2. The highest BCUT2D eigenvalue weighted by Crippen LogP contribution is 2.66. The van der Waals surface area contributed by atoms with Crippen LogP contribution in [0.4, 0.5) is 13.2 Å². The van der Waals surface area contributed by atoms with Crippen molar-refractivity contribution in [3.8, 4) is 0 Å². The van der Waals surface area contributed by atoms with Crippen LogP contribution < -0.4 is 0 Å². The molecule has 0 aliphatic heterocycles. The van der Waals surface area contributed by atoms with Crippen molar-refractivity contribution in [2.24, 2.45) is 34.5 Å². The molecule has 0 radical (unpaired) electrons. The second kappa shape index (κ2) is 6.48. The minimum atomic E-state index is -4.51. The molecule has 4 aliphatic carbocycles. The van der Waals surface area contributed by atoms with Gasteiger partial charge in [-0.1, -0.05) is 25.5 Å². The van der Waals surface area contributed by atoms with Gasteiger partial charge >= 0.3 is 6.18 Å². The number of halogens is 3. The minimum absolute atomic E-state index is 0.0357. The van der Waals surface area contributed by atoms with Crippen molar-refractivity contribution < 1.29 is 23.4 Å². The first-order valence-electron chi connectivity index (χ1n) is 10.7. The van der Waals surface area contributed by atoms with Gasteiger partial charge in [0.05, 0.1) is 6.10 Å². The Labute approximate surface area is 160 Å². The fraction of sp³-hybridized carbons (Fsp3) is 0.909. The van der Waals surface area contributed by atoms with E-state index in [9.17, 15) is 23.4 Å². The molecule has 3 saturated carbocycles. The summed E-state index contributed by atoms with van der Waals surface area (Å²) in [7, 11) is 0. The van der Waals surface area contributed by atoms with E-state index in [-0.39, 0.29) is 29.3 Å². The molecule has 5 heteroatoms. The molecule has 2 N–H and O–H groups in total. The monoisotopic (exact) mass is 386 g/mol. The van der Waals surface area contributed by atoms with Crippen LogP contribution in [-0.4, -0.2) is 28.6 Å². The lowest BCUT2D eigenvalue weighted by atomic mass is 9.47. The number of hydrogen-bond acceptors (Lipinski definition) is 2. The number of aliphatic hydroxyl groups excluding tert-OH is 2. The van der Waals surface area contributed by atoms with Gasteiger partial charge in [0.1, 0.15) is 6.10 Å². The Kier molecular flexibility index (Phi) is 4.74. The van der Waals surface area contributed by atoms with E-state index >= 15 is 0 Å². The molecule has 0 bridgehead atoms. The highest BCUT2D eigenvalue weighted by atomic mass is 19.4. The van der Waals surface area contributed by atoms with Crippen LogP contribution in [0.25, 0.3) is 0 Å². The van der Waals surface area contributed by atoms with Crippen molar-refractivity contribution in [2.45, 2.75) is 90.0 Å². The molecule has 8 atom stereocenters. The van der Waals surface area contributed by atoms with Crippen LogP contribution in [0.2, 0.25) is 0 Å². The van der Waals surface area contributed by atoms with Gasteiger partial charge in [0.2, 0.25) is 0 Å². The first-order valence-corrected chi connectivity index (χ1v) is 10.7. The summed E-state index contributed by atoms with van der Waals surface area (Å²) < 4.78 is 38.7. The van der Waals surface area contributed by atoms with Gasteiger partial charge in [-0.15, -0.1) is 0 Å². The quantitative estimate of drug-likeness (QED) is 0.637. The van der Waals surface area contributed by atoms with E-state index in [4.69, 9.17) is 0 Å². The molecule has 2 nitrogen and oxygen atoms in total.